The average Bonchev–Trinajstić information content (AvgIpc) is 2.84. The topological polar surface area (TPSA) is 51.2 Å². The highest BCUT2D eigenvalue weighted by molar-refractivity contribution is 8.01. The van der Waals surface area contributed by atoms with Crippen molar-refractivity contribution in [2.75, 3.05) is 13.7 Å². The van der Waals surface area contributed by atoms with Crippen LogP contribution < -0.4 is 5.32 Å². The van der Waals surface area contributed by atoms with E-state index in [4.69, 9.17) is 4.74 Å². The molecule has 0 amide bonds. The van der Waals surface area contributed by atoms with Gasteiger partial charge in [-0.3, -0.25) is 4.79 Å². The summed E-state index contributed by atoms with van der Waals surface area (Å²) in [6, 6.07) is 0. The van der Waals surface area contributed by atoms with E-state index < -0.39 is 5.54 Å². The number of nitrogens with zero attached hydrogens (tertiary/aromatic N) is 1. The van der Waals surface area contributed by atoms with Gasteiger partial charge in [0, 0.05) is 16.3 Å². The van der Waals surface area contributed by atoms with E-state index in [0.29, 0.717) is 11.9 Å². The van der Waals surface area contributed by atoms with E-state index in [2.05, 4.69) is 15.7 Å². The van der Waals surface area contributed by atoms with Crippen LogP contribution in [0.1, 0.15) is 38.3 Å². The molecule has 1 aromatic rings. The number of nitrogens with one attached hydrogen (secondary N) is 1. The summed E-state index contributed by atoms with van der Waals surface area (Å²) in [5.41, 5.74) is 0.552. The number of esters is 1. The second-order valence-corrected chi connectivity index (χ2v) is 7.55. The predicted octanol–water partition coefficient (Wildman–Crippen LogP) is 3.01. The molecule has 112 valence electrons. The Morgan fingerprint density at radius 3 is 3.10 bits per heavy atom. The molecule has 20 heavy (non-hydrogen) atoms. The summed E-state index contributed by atoms with van der Waals surface area (Å²) < 4.78 is 6.35. The molecule has 1 aliphatic carbocycles. The molecular formula is C14H22N2O2S2. The van der Waals surface area contributed by atoms with Crippen molar-refractivity contribution in [1.82, 2.24) is 10.3 Å². The molecular weight excluding hydrogens is 292 g/mol. The number of hydrogen-bond acceptors (Lipinski definition) is 6. The Morgan fingerprint density at radius 2 is 2.50 bits per heavy atom. The van der Waals surface area contributed by atoms with Gasteiger partial charge in [0.15, 0.2) is 0 Å². The highest BCUT2D eigenvalue weighted by Gasteiger charge is 2.43. The number of thiazole rings is 1. The third-order valence-electron chi connectivity index (χ3n) is 3.72. The van der Waals surface area contributed by atoms with Gasteiger partial charge >= 0.3 is 5.97 Å². The van der Waals surface area contributed by atoms with E-state index >= 15 is 0 Å². The van der Waals surface area contributed by atoms with Crippen molar-refractivity contribution in [3.8, 4) is 0 Å². The van der Waals surface area contributed by atoms with Crippen LogP contribution >= 0.6 is 23.1 Å². The number of aryl methyl sites for hydroxylation is 1. The lowest BCUT2D eigenvalue weighted by atomic mass is 9.81. The fourth-order valence-electron chi connectivity index (χ4n) is 2.64. The lowest BCUT2D eigenvalue weighted by molar-refractivity contribution is -0.152. The standard InChI is InChI=1S/C14H22N2O2S2/c1-4-18-12(17)14(15-3)7-5-6-11(8-14)20-13-16-10(2)9-19-13/h9,11,15H,4-8H2,1-3H3. The minimum absolute atomic E-state index is 0.108. The van der Waals surface area contributed by atoms with Crippen LogP contribution in [-0.2, 0) is 9.53 Å². The van der Waals surface area contributed by atoms with Crippen LogP contribution in [0.2, 0.25) is 0 Å². The molecule has 1 aliphatic rings. The first-order chi connectivity index (χ1) is 9.59. The van der Waals surface area contributed by atoms with Gasteiger partial charge in [0.2, 0.25) is 0 Å². The molecule has 1 saturated carbocycles. The number of thioether (sulfide) groups is 1. The molecule has 2 atom stereocenters. The maximum Gasteiger partial charge on any atom is 0.326 e. The van der Waals surface area contributed by atoms with Crippen LogP contribution in [0.4, 0.5) is 0 Å². The molecule has 0 aromatic carbocycles. The van der Waals surface area contributed by atoms with Crippen molar-refractivity contribution >= 4 is 29.1 Å². The molecule has 1 fully saturated rings. The molecule has 6 heteroatoms. The zero-order valence-electron chi connectivity index (χ0n) is 12.3. The summed E-state index contributed by atoms with van der Waals surface area (Å²) in [4.78, 5) is 16.8. The minimum Gasteiger partial charge on any atom is -0.465 e. The van der Waals surface area contributed by atoms with Gasteiger partial charge in [-0.1, -0.05) is 11.8 Å². The number of carbonyl (C=O) groups excluding carboxylic acids is 1. The number of ether oxygens (including phenoxy) is 1. The number of hydrogen-bond donors (Lipinski definition) is 1. The van der Waals surface area contributed by atoms with Crippen LogP contribution in [0.15, 0.2) is 9.72 Å². The van der Waals surface area contributed by atoms with Gasteiger partial charge in [-0.05, 0) is 46.6 Å². The van der Waals surface area contributed by atoms with Crippen LogP contribution in [0, 0.1) is 6.92 Å². The van der Waals surface area contributed by atoms with E-state index in [1.165, 1.54) is 0 Å². The number of aromatic nitrogens is 1. The second kappa shape index (κ2) is 6.91. The molecule has 2 unspecified atom stereocenters. The summed E-state index contributed by atoms with van der Waals surface area (Å²) in [7, 11) is 1.86. The van der Waals surface area contributed by atoms with Crippen LogP contribution in [0.5, 0.6) is 0 Å². The minimum atomic E-state index is -0.516. The molecule has 4 nitrogen and oxygen atoms in total. The number of carbonyl (C=O) groups is 1. The van der Waals surface area contributed by atoms with Gasteiger partial charge in [-0.15, -0.1) is 11.3 Å². The first-order valence-corrected chi connectivity index (χ1v) is 8.80. The van der Waals surface area contributed by atoms with Gasteiger partial charge in [0.05, 0.1) is 6.61 Å². The van der Waals surface area contributed by atoms with Crippen molar-refractivity contribution in [1.29, 1.82) is 0 Å². The molecule has 0 aliphatic heterocycles. The summed E-state index contributed by atoms with van der Waals surface area (Å²) in [5.74, 6) is -0.108. The van der Waals surface area contributed by atoms with Crippen LogP contribution in [-0.4, -0.2) is 35.4 Å². The smallest absolute Gasteiger partial charge is 0.326 e. The largest absolute Gasteiger partial charge is 0.465 e. The van der Waals surface area contributed by atoms with E-state index in [1.807, 2.05) is 20.9 Å². The SMILES string of the molecule is CCOC(=O)C1(NC)CCCC(Sc2nc(C)cs2)C1. The summed E-state index contributed by atoms with van der Waals surface area (Å²) in [5, 5.41) is 5.71. The Bertz CT molecular complexity index is 464. The van der Waals surface area contributed by atoms with Gasteiger partial charge in [-0.25, -0.2) is 4.98 Å². The lowest BCUT2D eigenvalue weighted by Crippen LogP contribution is -2.54. The van der Waals surface area contributed by atoms with E-state index in [0.717, 1.165) is 35.7 Å². The van der Waals surface area contributed by atoms with Gasteiger partial charge in [-0.2, -0.15) is 0 Å². The Balaban J connectivity index is 2.04. The van der Waals surface area contributed by atoms with Crippen molar-refractivity contribution in [2.24, 2.45) is 0 Å². The quantitative estimate of drug-likeness (QED) is 0.847. The first kappa shape index (κ1) is 15.8. The molecule has 1 aromatic heterocycles. The monoisotopic (exact) mass is 314 g/mol. The molecule has 0 bridgehead atoms. The highest BCUT2D eigenvalue weighted by atomic mass is 32.2. The highest BCUT2D eigenvalue weighted by Crippen LogP contribution is 2.39. The van der Waals surface area contributed by atoms with E-state index in [-0.39, 0.29) is 5.97 Å². The van der Waals surface area contributed by atoms with Crippen molar-refractivity contribution < 1.29 is 9.53 Å². The molecule has 1 N–H and O–H groups in total. The van der Waals surface area contributed by atoms with E-state index in [9.17, 15) is 4.79 Å². The number of rotatable bonds is 5. The third-order valence-corrected chi connectivity index (χ3v) is 6.07. The van der Waals surface area contributed by atoms with Crippen LogP contribution in [0.25, 0.3) is 0 Å². The second-order valence-electron chi connectivity index (χ2n) is 5.14. The van der Waals surface area contributed by atoms with E-state index in [1.54, 1.807) is 23.1 Å². The Morgan fingerprint density at radius 1 is 1.70 bits per heavy atom. The summed E-state index contributed by atoms with van der Waals surface area (Å²) in [6.45, 7) is 4.30. The van der Waals surface area contributed by atoms with Crippen molar-refractivity contribution in [3.63, 3.8) is 0 Å². The maximum absolute atomic E-state index is 12.2. The maximum atomic E-state index is 12.2. The van der Waals surface area contributed by atoms with Gasteiger partial charge < -0.3 is 10.1 Å². The van der Waals surface area contributed by atoms with Gasteiger partial charge in [0.1, 0.15) is 9.88 Å². The number of likely N-dealkylation sites (N-methyl/N-ethyl adjacent to an activating group) is 1. The fourth-order valence-corrected chi connectivity index (χ4v) is 5.07. The predicted molar refractivity (Wildman–Crippen MR) is 83.4 cm³/mol. The lowest BCUT2D eigenvalue weighted by Gasteiger charge is -2.38. The molecule has 0 spiro atoms. The molecule has 1 heterocycles. The zero-order valence-corrected chi connectivity index (χ0v) is 13.9. The fraction of sp³-hybridized carbons (Fsp3) is 0.714. The molecule has 0 radical (unpaired) electrons. The summed E-state index contributed by atoms with van der Waals surface area (Å²) >= 11 is 3.48. The van der Waals surface area contributed by atoms with Crippen molar-refractivity contribution in [3.05, 3.63) is 11.1 Å². The first-order valence-electron chi connectivity index (χ1n) is 7.04. The van der Waals surface area contributed by atoms with Crippen molar-refractivity contribution in [2.45, 2.75) is 54.7 Å². The third kappa shape index (κ3) is 3.54. The Hall–Kier alpha value is -0.590. The Kier molecular flexibility index (Phi) is 5.46. The normalized spacial score (nSPS) is 26.4. The Labute approximate surface area is 128 Å². The molecule has 2 rings (SSSR count). The van der Waals surface area contributed by atoms with Gasteiger partial charge in [0.25, 0.3) is 0 Å². The van der Waals surface area contributed by atoms with Crippen LogP contribution in [0.3, 0.4) is 0 Å². The zero-order chi connectivity index (χ0) is 14.6. The average molecular weight is 314 g/mol. The summed E-state index contributed by atoms with van der Waals surface area (Å²) in [6.07, 6.45) is 3.84. The molecule has 0 saturated heterocycles.